The summed E-state index contributed by atoms with van der Waals surface area (Å²) < 4.78 is 21.7. The molecule has 31 heavy (non-hydrogen) atoms. The summed E-state index contributed by atoms with van der Waals surface area (Å²) in [5.74, 6) is 3.11. The molecule has 6 nitrogen and oxygen atoms in total. The van der Waals surface area contributed by atoms with Crippen LogP contribution in [-0.2, 0) is 11.8 Å². The van der Waals surface area contributed by atoms with Gasteiger partial charge in [0.15, 0.2) is 23.0 Å². The first-order valence-corrected chi connectivity index (χ1v) is 10.6. The molecular weight excluding hydrogens is 392 g/mol. The molecule has 1 unspecified atom stereocenters. The van der Waals surface area contributed by atoms with Crippen LogP contribution < -0.4 is 18.9 Å². The average molecular weight is 425 g/mol. The fourth-order valence-electron chi connectivity index (χ4n) is 4.03. The number of rotatable bonds is 10. The van der Waals surface area contributed by atoms with E-state index >= 15 is 0 Å². The third-order valence-corrected chi connectivity index (χ3v) is 6.19. The molecule has 2 aromatic carbocycles. The van der Waals surface area contributed by atoms with Crippen LogP contribution in [0.4, 0.5) is 0 Å². The molecule has 1 heterocycles. The Morgan fingerprint density at radius 3 is 2.45 bits per heavy atom. The van der Waals surface area contributed by atoms with Gasteiger partial charge >= 0.3 is 0 Å². The van der Waals surface area contributed by atoms with Crippen LogP contribution in [0.5, 0.6) is 23.0 Å². The van der Waals surface area contributed by atoms with Crippen molar-refractivity contribution in [1.29, 1.82) is 5.26 Å². The molecule has 0 aromatic heterocycles. The van der Waals surface area contributed by atoms with Gasteiger partial charge in [0.25, 0.3) is 0 Å². The molecule has 3 rings (SSSR count). The second kappa shape index (κ2) is 9.93. The number of nitrogens with zero attached hydrogens (tertiary/aromatic N) is 2. The molecule has 2 aromatic rings. The van der Waals surface area contributed by atoms with Crippen LogP contribution in [0.3, 0.4) is 0 Å². The Hall–Kier alpha value is -2.91. The van der Waals surface area contributed by atoms with Crippen molar-refractivity contribution in [3.05, 3.63) is 47.5 Å². The van der Waals surface area contributed by atoms with Gasteiger partial charge in [-0.2, -0.15) is 5.26 Å². The Morgan fingerprint density at radius 1 is 1.03 bits per heavy atom. The molecule has 0 bridgehead atoms. The van der Waals surface area contributed by atoms with E-state index < -0.39 is 5.41 Å². The third kappa shape index (κ3) is 4.88. The lowest BCUT2D eigenvalue weighted by Gasteiger charge is -2.33. The van der Waals surface area contributed by atoms with Crippen LogP contribution in [0.15, 0.2) is 36.4 Å². The highest BCUT2D eigenvalue weighted by Gasteiger charge is 2.37. The van der Waals surface area contributed by atoms with Crippen molar-refractivity contribution < 1.29 is 18.9 Å². The molecule has 0 fully saturated rings. The number of likely N-dealkylation sites (N-methyl/N-ethyl adjacent to an activating group) is 1. The number of methoxy groups -OCH3 is 2. The molecule has 1 atom stereocenters. The van der Waals surface area contributed by atoms with Gasteiger partial charge in [-0.05, 0) is 67.7 Å². The minimum atomic E-state index is -0.585. The van der Waals surface area contributed by atoms with Gasteiger partial charge in [0.05, 0.1) is 25.7 Å². The number of nitriles is 1. The van der Waals surface area contributed by atoms with E-state index in [1.54, 1.807) is 14.2 Å². The maximum absolute atomic E-state index is 10.2. The molecule has 0 N–H and O–H groups in total. The van der Waals surface area contributed by atoms with Gasteiger partial charge < -0.3 is 23.8 Å². The summed E-state index contributed by atoms with van der Waals surface area (Å²) in [6.07, 6.45) is 1.63. The Labute approximate surface area is 185 Å². The van der Waals surface area contributed by atoms with Gasteiger partial charge in [-0.3, -0.25) is 0 Å². The topological polar surface area (TPSA) is 64.0 Å². The van der Waals surface area contributed by atoms with Gasteiger partial charge in [0, 0.05) is 6.54 Å². The molecule has 6 heteroatoms. The van der Waals surface area contributed by atoms with Gasteiger partial charge in [-0.15, -0.1) is 0 Å². The highest BCUT2D eigenvalue weighted by atomic mass is 16.7. The monoisotopic (exact) mass is 424 g/mol. The van der Waals surface area contributed by atoms with Crippen LogP contribution in [0.25, 0.3) is 0 Å². The van der Waals surface area contributed by atoms with Crippen molar-refractivity contribution >= 4 is 0 Å². The van der Waals surface area contributed by atoms with E-state index in [-0.39, 0.29) is 12.7 Å². The van der Waals surface area contributed by atoms with E-state index in [2.05, 4.69) is 37.9 Å². The van der Waals surface area contributed by atoms with E-state index in [1.165, 1.54) is 5.56 Å². The first-order valence-electron chi connectivity index (χ1n) is 10.6. The fourth-order valence-corrected chi connectivity index (χ4v) is 4.03. The molecule has 1 aliphatic heterocycles. The summed E-state index contributed by atoms with van der Waals surface area (Å²) >= 11 is 0. The first-order chi connectivity index (χ1) is 14.9. The zero-order chi connectivity index (χ0) is 22.4. The molecule has 0 saturated heterocycles. The minimum Gasteiger partial charge on any atom is -0.493 e. The molecule has 0 radical (unpaired) electrons. The van der Waals surface area contributed by atoms with Crippen LogP contribution in [-0.4, -0.2) is 46.0 Å². The summed E-state index contributed by atoms with van der Waals surface area (Å²) in [6, 6.07) is 14.5. The van der Waals surface area contributed by atoms with E-state index in [0.29, 0.717) is 0 Å². The molecule has 0 amide bonds. The fraction of sp³-hybridized carbons (Fsp3) is 0.480. The molecule has 1 aliphatic rings. The number of hydrogen-bond donors (Lipinski definition) is 0. The molecule has 166 valence electrons. The van der Waals surface area contributed by atoms with Crippen molar-refractivity contribution in [1.82, 2.24) is 4.90 Å². The number of ether oxygens (including phenoxy) is 4. The van der Waals surface area contributed by atoms with Crippen LogP contribution in [0, 0.1) is 17.2 Å². The van der Waals surface area contributed by atoms with Gasteiger partial charge in [0.2, 0.25) is 6.79 Å². The summed E-state index contributed by atoms with van der Waals surface area (Å²) in [5, 5.41) is 10.2. The number of hydrogen-bond acceptors (Lipinski definition) is 6. The summed E-state index contributed by atoms with van der Waals surface area (Å²) in [5.41, 5.74) is 1.59. The third-order valence-electron chi connectivity index (χ3n) is 6.19. The second-order valence-corrected chi connectivity index (χ2v) is 8.30. The molecular formula is C25H32N2O4. The highest BCUT2D eigenvalue weighted by molar-refractivity contribution is 5.48. The Balaban J connectivity index is 1.66. The summed E-state index contributed by atoms with van der Waals surface area (Å²) in [6.45, 7) is 6.15. The van der Waals surface area contributed by atoms with E-state index in [4.69, 9.17) is 18.9 Å². The summed E-state index contributed by atoms with van der Waals surface area (Å²) in [4.78, 5) is 2.28. The first kappa shape index (κ1) is 22.8. The van der Waals surface area contributed by atoms with Crippen molar-refractivity contribution in [2.75, 3.05) is 41.1 Å². The van der Waals surface area contributed by atoms with E-state index in [1.807, 2.05) is 30.3 Å². The highest BCUT2D eigenvalue weighted by Crippen LogP contribution is 2.41. The standard InChI is InChI=1S/C25H32N2O4/c1-18(2)25(16-26,20-7-9-22-24(15-20)31-17-30-22)11-13-27(3)12-10-19-6-8-21(28-4)23(14-19)29-5/h6-9,14-15,18H,10-13,17H2,1-5H3. The van der Waals surface area contributed by atoms with Crippen LogP contribution >= 0.6 is 0 Å². The Bertz CT molecular complexity index is 938. The predicted molar refractivity (Wildman–Crippen MR) is 120 cm³/mol. The van der Waals surface area contributed by atoms with Gasteiger partial charge in [0.1, 0.15) is 0 Å². The normalized spacial score (nSPS) is 14.4. The SMILES string of the molecule is COc1ccc(CCN(C)CCC(C#N)(c2ccc3c(c2)OCO3)C(C)C)cc1OC. The van der Waals surface area contributed by atoms with Crippen LogP contribution in [0.2, 0.25) is 0 Å². The average Bonchev–Trinajstić information content (AvgIpc) is 3.26. The van der Waals surface area contributed by atoms with Crippen molar-refractivity contribution in [3.8, 4) is 29.1 Å². The second-order valence-electron chi connectivity index (χ2n) is 8.30. The van der Waals surface area contributed by atoms with Crippen molar-refractivity contribution in [3.63, 3.8) is 0 Å². The van der Waals surface area contributed by atoms with Crippen molar-refractivity contribution in [2.24, 2.45) is 5.92 Å². The quantitative estimate of drug-likeness (QED) is 0.563. The Kier molecular flexibility index (Phi) is 7.29. The molecule has 0 spiro atoms. The van der Waals surface area contributed by atoms with Gasteiger partial charge in [-0.1, -0.05) is 26.0 Å². The zero-order valence-electron chi connectivity index (χ0n) is 19.1. The molecule has 0 aliphatic carbocycles. The maximum Gasteiger partial charge on any atom is 0.231 e. The largest absolute Gasteiger partial charge is 0.493 e. The predicted octanol–water partition coefficient (Wildman–Crippen LogP) is 4.41. The van der Waals surface area contributed by atoms with E-state index in [9.17, 15) is 5.26 Å². The Morgan fingerprint density at radius 2 is 1.77 bits per heavy atom. The van der Waals surface area contributed by atoms with Crippen molar-refractivity contribution in [2.45, 2.75) is 32.1 Å². The number of fused-ring (bicyclic) bond motifs is 1. The van der Waals surface area contributed by atoms with Gasteiger partial charge in [-0.25, -0.2) is 0 Å². The lowest BCUT2D eigenvalue weighted by Crippen LogP contribution is -2.35. The van der Waals surface area contributed by atoms with Crippen LogP contribution in [0.1, 0.15) is 31.4 Å². The smallest absolute Gasteiger partial charge is 0.231 e. The molecule has 0 saturated carbocycles. The number of benzene rings is 2. The van der Waals surface area contributed by atoms with E-state index in [0.717, 1.165) is 54.5 Å². The summed E-state index contributed by atoms with van der Waals surface area (Å²) in [7, 11) is 5.39. The lowest BCUT2D eigenvalue weighted by molar-refractivity contribution is 0.174. The lowest BCUT2D eigenvalue weighted by atomic mass is 9.70. The maximum atomic E-state index is 10.2. The minimum absolute atomic E-state index is 0.164. The zero-order valence-corrected chi connectivity index (χ0v) is 19.1.